The number of aromatic nitrogens is 2. The molecule has 3 aromatic rings. The lowest BCUT2D eigenvalue weighted by molar-refractivity contribution is -0.139. The summed E-state index contributed by atoms with van der Waals surface area (Å²) in [5, 5.41) is 1.26. The largest absolute Gasteiger partial charge is 0.493 e. The Balaban J connectivity index is 1.33. The number of pyridine rings is 1. The van der Waals surface area contributed by atoms with Crippen molar-refractivity contribution in [1.82, 2.24) is 24.3 Å². The summed E-state index contributed by atoms with van der Waals surface area (Å²) in [5.41, 5.74) is 2.28. The molecule has 250 valence electrons. The third-order valence-corrected chi connectivity index (χ3v) is 9.03. The number of morpholine rings is 1. The third kappa shape index (κ3) is 7.70. The molecule has 2 atom stereocenters. The Morgan fingerprint density at radius 1 is 1.17 bits per heavy atom. The number of likely N-dealkylation sites (N-methyl/N-ethyl adjacent to an activating group) is 1. The zero-order valence-electron chi connectivity index (χ0n) is 27.7. The predicted molar refractivity (Wildman–Crippen MR) is 180 cm³/mol. The summed E-state index contributed by atoms with van der Waals surface area (Å²) >= 11 is 6.80. The molecule has 0 N–H and O–H groups in total. The topological polar surface area (TPSA) is 92.6 Å². The number of halogens is 1. The highest BCUT2D eigenvalue weighted by Crippen LogP contribution is 2.35. The SMILES string of the molecule is CCCCCOc1cc(N2CC[C@H](C)N(Cc3ccnc4c3c(Cl)cn4CC(=O)N3CCOC(CN(C)C)C3)C2=O)ccc1OC. The maximum absolute atomic E-state index is 14.0. The highest BCUT2D eigenvalue weighted by Gasteiger charge is 2.33. The van der Waals surface area contributed by atoms with E-state index in [4.69, 9.17) is 25.8 Å². The van der Waals surface area contributed by atoms with Crippen molar-refractivity contribution >= 4 is 40.3 Å². The Morgan fingerprint density at radius 2 is 2.00 bits per heavy atom. The van der Waals surface area contributed by atoms with Gasteiger partial charge in [-0.25, -0.2) is 9.78 Å². The second-order valence-electron chi connectivity index (χ2n) is 12.5. The molecule has 2 aliphatic heterocycles. The number of ether oxygens (including phenoxy) is 3. The van der Waals surface area contributed by atoms with E-state index in [1.54, 1.807) is 24.4 Å². The van der Waals surface area contributed by atoms with E-state index in [0.29, 0.717) is 61.6 Å². The van der Waals surface area contributed by atoms with Crippen molar-refractivity contribution in [1.29, 1.82) is 0 Å². The van der Waals surface area contributed by atoms with Gasteiger partial charge >= 0.3 is 6.03 Å². The van der Waals surface area contributed by atoms with E-state index < -0.39 is 0 Å². The molecule has 2 aromatic heterocycles. The third-order valence-electron chi connectivity index (χ3n) is 8.75. The predicted octanol–water partition coefficient (Wildman–Crippen LogP) is 5.28. The van der Waals surface area contributed by atoms with Crippen LogP contribution in [0.25, 0.3) is 11.0 Å². The van der Waals surface area contributed by atoms with E-state index in [0.717, 1.165) is 48.9 Å². The zero-order chi connectivity index (χ0) is 32.8. The van der Waals surface area contributed by atoms with Gasteiger partial charge in [0.1, 0.15) is 12.2 Å². The van der Waals surface area contributed by atoms with Gasteiger partial charge < -0.3 is 33.5 Å². The van der Waals surface area contributed by atoms with Gasteiger partial charge in [-0.3, -0.25) is 9.69 Å². The molecule has 2 saturated heterocycles. The summed E-state index contributed by atoms with van der Waals surface area (Å²) in [6.45, 7) is 8.29. The second-order valence-corrected chi connectivity index (χ2v) is 12.9. The summed E-state index contributed by atoms with van der Waals surface area (Å²) in [6, 6.07) is 7.50. The number of carbonyl (C=O) groups is 2. The summed E-state index contributed by atoms with van der Waals surface area (Å²) in [5.74, 6) is 1.28. The van der Waals surface area contributed by atoms with Crippen LogP contribution in [0.3, 0.4) is 0 Å². The van der Waals surface area contributed by atoms with E-state index in [1.165, 1.54) is 0 Å². The van der Waals surface area contributed by atoms with Crippen molar-refractivity contribution in [2.24, 2.45) is 0 Å². The molecule has 46 heavy (non-hydrogen) atoms. The van der Waals surface area contributed by atoms with Crippen LogP contribution in [0, 0.1) is 0 Å². The summed E-state index contributed by atoms with van der Waals surface area (Å²) < 4.78 is 19.2. The number of amides is 3. The summed E-state index contributed by atoms with van der Waals surface area (Å²) in [6.07, 6.45) is 7.44. The fraction of sp³-hybridized carbons (Fsp3) is 0.559. The fourth-order valence-corrected chi connectivity index (χ4v) is 6.55. The van der Waals surface area contributed by atoms with Gasteiger partial charge in [-0.05, 0) is 57.6 Å². The van der Waals surface area contributed by atoms with E-state index in [1.807, 2.05) is 52.7 Å². The first kappa shape index (κ1) is 33.8. The van der Waals surface area contributed by atoms with Gasteiger partial charge in [0, 0.05) is 68.3 Å². The zero-order valence-corrected chi connectivity index (χ0v) is 28.5. The average molecular weight is 655 g/mol. The summed E-state index contributed by atoms with van der Waals surface area (Å²) in [7, 11) is 5.62. The lowest BCUT2D eigenvalue weighted by Gasteiger charge is -2.40. The smallest absolute Gasteiger partial charge is 0.325 e. The van der Waals surface area contributed by atoms with E-state index >= 15 is 0 Å². The number of fused-ring (bicyclic) bond motifs is 1. The van der Waals surface area contributed by atoms with Crippen molar-refractivity contribution in [3.8, 4) is 11.5 Å². The number of benzene rings is 1. The van der Waals surface area contributed by atoms with Crippen molar-refractivity contribution in [3.63, 3.8) is 0 Å². The number of nitrogens with zero attached hydrogens (tertiary/aromatic N) is 6. The van der Waals surface area contributed by atoms with Crippen molar-refractivity contribution in [2.75, 3.05) is 65.5 Å². The minimum Gasteiger partial charge on any atom is -0.493 e. The minimum absolute atomic E-state index is 0.00324. The molecule has 4 heterocycles. The fourth-order valence-electron chi connectivity index (χ4n) is 6.23. The van der Waals surface area contributed by atoms with Crippen molar-refractivity contribution in [3.05, 3.63) is 47.2 Å². The normalized spacial score (nSPS) is 18.9. The van der Waals surface area contributed by atoms with Gasteiger partial charge in [0.15, 0.2) is 11.5 Å². The molecule has 0 aliphatic carbocycles. The van der Waals surface area contributed by atoms with Crippen LogP contribution in [0.4, 0.5) is 10.5 Å². The van der Waals surface area contributed by atoms with Gasteiger partial charge in [-0.2, -0.15) is 0 Å². The molecule has 3 amide bonds. The Hall–Kier alpha value is -3.54. The number of hydrogen-bond acceptors (Lipinski definition) is 7. The molecule has 2 aliphatic rings. The molecular weight excluding hydrogens is 608 g/mol. The standard InChI is InChI=1S/C34H47ClN6O5/c1-6-7-8-16-46-30-18-26(9-10-29(30)44-5)40-14-12-24(2)41(34(40)43)19-25-11-13-36-33-32(25)28(35)22-39(33)23-31(42)38-15-17-45-27(21-38)20-37(3)4/h9-11,13,18,22,24,27H,6-8,12,14-17,19-21,23H2,1-5H3/t24-,27?/m0/s1. The molecule has 1 aromatic carbocycles. The first-order chi connectivity index (χ1) is 22.2. The number of urea groups is 1. The minimum atomic E-state index is -0.0869. The van der Waals surface area contributed by atoms with Gasteiger partial charge in [-0.1, -0.05) is 31.4 Å². The number of methoxy groups -OCH3 is 1. The number of hydrogen-bond donors (Lipinski definition) is 0. The van der Waals surface area contributed by atoms with Crippen LogP contribution in [-0.2, 0) is 22.6 Å². The van der Waals surface area contributed by atoms with Gasteiger partial charge in [0.05, 0.1) is 31.5 Å². The van der Waals surface area contributed by atoms with Gasteiger partial charge in [0.25, 0.3) is 0 Å². The van der Waals surface area contributed by atoms with Crippen LogP contribution < -0.4 is 14.4 Å². The lowest BCUT2D eigenvalue weighted by atomic mass is 10.1. The molecule has 0 radical (unpaired) electrons. The Morgan fingerprint density at radius 3 is 2.76 bits per heavy atom. The van der Waals surface area contributed by atoms with Crippen LogP contribution in [0.15, 0.2) is 36.7 Å². The summed E-state index contributed by atoms with van der Waals surface area (Å²) in [4.78, 5) is 39.6. The molecular formula is C34H47ClN6O5. The second kappa shape index (κ2) is 15.4. The molecule has 0 spiro atoms. The highest BCUT2D eigenvalue weighted by molar-refractivity contribution is 6.35. The van der Waals surface area contributed by atoms with Gasteiger partial charge in [0.2, 0.25) is 5.91 Å². The van der Waals surface area contributed by atoms with E-state index in [9.17, 15) is 9.59 Å². The average Bonchev–Trinajstić information content (AvgIpc) is 3.36. The number of anilines is 1. The van der Waals surface area contributed by atoms with Crippen LogP contribution in [0.5, 0.6) is 11.5 Å². The number of unbranched alkanes of at least 4 members (excludes halogenated alkanes) is 2. The molecule has 0 bridgehead atoms. The Kier molecular flexibility index (Phi) is 11.3. The van der Waals surface area contributed by atoms with Crippen LogP contribution in [0.1, 0.15) is 45.1 Å². The molecule has 1 unspecified atom stereocenters. The van der Waals surface area contributed by atoms with E-state index in [-0.39, 0.29) is 30.6 Å². The lowest BCUT2D eigenvalue weighted by Crippen LogP contribution is -2.53. The number of carbonyl (C=O) groups excluding carboxylic acids is 2. The molecule has 5 rings (SSSR count). The first-order valence-corrected chi connectivity index (χ1v) is 16.6. The maximum atomic E-state index is 14.0. The maximum Gasteiger partial charge on any atom is 0.325 e. The van der Waals surface area contributed by atoms with Crippen LogP contribution >= 0.6 is 11.6 Å². The first-order valence-electron chi connectivity index (χ1n) is 16.2. The molecule has 0 saturated carbocycles. The Labute approximate surface area is 276 Å². The van der Waals surface area contributed by atoms with Crippen LogP contribution in [-0.4, -0.2) is 109 Å². The highest BCUT2D eigenvalue weighted by atomic mass is 35.5. The Bertz CT molecular complexity index is 1510. The van der Waals surface area contributed by atoms with Gasteiger partial charge in [-0.15, -0.1) is 0 Å². The van der Waals surface area contributed by atoms with Crippen molar-refractivity contribution in [2.45, 2.75) is 64.8 Å². The number of rotatable bonds is 13. The van der Waals surface area contributed by atoms with Crippen LogP contribution in [0.2, 0.25) is 5.02 Å². The molecule has 11 nitrogen and oxygen atoms in total. The monoisotopic (exact) mass is 654 g/mol. The van der Waals surface area contributed by atoms with Crippen molar-refractivity contribution < 1.29 is 23.8 Å². The molecule has 2 fully saturated rings. The molecule has 12 heteroatoms. The van der Waals surface area contributed by atoms with E-state index in [2.05, 4.69) is 23.7 Å². The quantitative estimate of drug-likeness (QED) is 0.232.